The molecule has 1 fully saturated rings. The molecule has 0 radical (unpaired) electrons. The summed E-state index contributed by atoms with van der Waals surface area (Å²) in [6, 6.07) is 13.6. The van der Waals surface area contributed by atoms with Crippen LogP contribution in [0.1, 0.15) is 40.9 Å². The third kappa shape index (κ3) is 5.86. The summed E-state index contributed by atoms with van der Waals surface area (Å²) in [7, 11) is 0. The molecule has 4 N–H and O–H groups in total. The molecule has 1 aromatic carbocycles. The Hall–Kier alpha value is -3.56. The zero-order chi connectivity index (χ0) is 23.9. The molecule has 1 saturated heterocycles. The smallest absolute Gasteiger partial charge is 0.255 e. The van der Waals surface area contributed by atoms with Crippen molar-refractivity contribution in [2.75, 3.05) is 13.1 Å². The van der Waals surface area contributed by atoms with Crippen LogP contribution in [0.3, 0.4) is 0 Å². The first kappa shape index (κ1) is 23.6. The number of aliphatic hydroxyl groups is 1. The van der Waals surface area contributed by atoms with Gasteiger partial charge in [-0.3, -0.25) is 14.5 Å². The normalized spacial score (nSPS) is 16.0. The van der Waals surface area contributed by atoms with Gasteiger partial charge in [-0.05, 0) is 56.1 Å². The Bertz CT molecular complexity index is 1110. The van der Waals surface area contributed by atoms with Crippen molar-refractivity contribution in [1.29, 1.82) is 0 Å². The minimum atomic E-state index is -1.54. The Morgan fingerprint density at radius 1 is 1.06 bits per heavy atom. The number of amides is 2. The molecule has 2 aromatic heterocycles. The lowest BCUT2D eigenvalue weighted by atomic mass is 10.0. The Kier molecular flexibility index (Phi) is 7.66. The Morgan fingerprint density at radius 3 is 2.56 bits per heavy atom. The third-order valence-electron chi connectivity index (χ3n) is 6.01. The number of piperidine rings is 1. The molecule has 3 aromatic rings. The fourth-order valence-electron chi connectivity index (χ4n) is 4.22. The summed E-state index contributed by atoms with van der Waals surface area (Å²) >= 11 is 0. The van der Waals surface area contributed by atoms with Gasteiger partial charge in [0.2, 0.25) is 5.91 Å². The number of carbonyl (C=O) groups is 2. The molecule has 9 heteroatoms. The fourth-order valence-corrected chi connectivity index (χ4v) is 4.22. The van der Waals surface area contributed by atoms with E-state index in [-0.39, 0.29) is 12.0 Å². The lowest BCUT2D eigenvalue weighted by Gasteiger charge is -2.25. The van der Waals surface area contributed by atoms with Gasteiger partial charge in [0.05, 0.1) is 17.3 Å². The van der Waals surface area contributed by atoms with Gasteiger partial charge in [-0.1, -0.05) is 36.8 Å². The lowest BCUT2D eigenvalue weighted by molar-refractivity contribution is -0.127. The van der Waals surface area contributed by atoms with E-state index >= 15 is 0 Å². The van der Waals surface area contributed by atoms with Gasteiger partial charge in [0.1, 0.15) is 0 Å². The standard InChI is InChI=1S/C25H30N6O3/c26-23(33)22(32)21(16-18-8-3-1-4-9-18)28-25(34)20-10-7-12-27-24(20)31-15-11-19(29-31)17-30-13-5-2-6-14-30/h1,3-4,7-12,15,21-22,32H,2,5-6,13-14,16-17H2,(H2,26,33)(H,28,34). The van der Waals surface area contributed by atoms with Crippen LogP contribution in [-0.2, 0) is 17.8 Å². The van der Waals surface area contributed by atoms with Crippen molar-refractivity contribution in [2.24, 2.45) is 5.73 Å². The number of nitrogens with zero attached hydrogens (tertiary/aromatic N) is 4. The summed E-state index contributed by atoms with van der Waals surface area (Å²) < 4.78 is 1.59. The van der Waals surface area contributed by atoms with E-state index in [1.165, 1.54) is 19.3 Å². The maximum atomic E-state index is 13.2. The molecular weight excluding hydrogens is 432 g/mol. The van der Waals surface area contributed by atoms with E-state index in [1.54, 1.807) is 29.2 Å². The van der Waals surface area contributed by atoms with Crippen LogP contribution in [0, 0.1) is 0 Å². The molecule has 1 aliphatic rings. The van der Waals surface area contributed by atoms with Crippen LogP contribution in [0.2, 0.25) is 0 Å². The second-order valence-corrected chi connectivity index (χ2v) is 8.58. The van der Waals surface area contributed by atoms with Crippen molar-refractivity contribution >= 4 is 11.8 Å². The second-order valence-electron chi connectivity index (χ2n) is 8.58. The van der Waals surface area contributed by atoms with Gasteiger partial charge in [-0.15, -0.1) is 0 Å². The highest BCUT2D eigenvalue weighted by atomic mass is 16.3. The quantitative estimate of drug-likeness (QED) is 0.442. The molecule has 3 heterocycles. The second kappa shape index (κ2) is 11.0. The SMILES string of the molecule is NC(=O)C(O)C(Cc1ccccc1)NC(=O)c1cccnc1-n1ccc(CN2CCCCC2)n1. The summed E-state index contributed by atoms with van der Waals surface area (Å²) in [6.45, 7) is 2.88. The van der Waals surface area contributed by atoms with Crippen LogP contribution in [-0.4, -0.2) is 61.8 Å². The molecular formula is C25H30N6O3. The molecule has 0 spiro atoms. The average molecular weight is 463 g/mol. The summed E-state index contributed by atoms with van der Waals surface area (Å²) in [5.74, 6) is -1.00. The van der Waals surface area contributed by atoms with E-state index in [9.17, 15) is 14.7 Å². The molecule has 2 amide bonds. The number of aromatic nitrogens is 3. The predicted octanol–water partition coefficient (Wildman–Crippen LogP) is 1.44. The topological polar surface area (TPSA) is 126 Å². The largest absolute Gasteiger partial charge is 0.381 e. The predicted molar refractivity (Wildman–Crippen MR) is 127 cm³/mol. The van der Waals surface area contributed by atoms with Crippen molar-refractivity contribution in [2.45, 2.75) is 44.4 Å². The molecule has 0 saturated carbocycles. The highest BCUT2D eigenvalue weighted by molar-refractivity contribution is 5.97. The fraction of sp³-hybridized carbons (Fsp3) is 0.360. The van der Waals surface area contributed by atoms with E-state index in [0.717, 1.165) is 30.9 Å². The molecule has 0 aliphatic carbocycles. The number of aliphatic hydroxyl groups excluding tert-OH is 1. The van der Waals surface area contributed by atoms with E-state index in [2.05, 4.69) is 20.3 Å². The number of hydrogen-bond acceptors (Lipinski definition) is 6. The minimum Gasteiger partial charge on any atom is -0.381 e. The van der Waals surface area contributed by atoms with Crippen LogP contribution in [0.5, 0.6) is 0 Å². The van der Waals surface area contributed by atoms with Crippen molar-refractivity contribution in [1.82, 2.24) is 25.0 Å². The molecule has 9 nitrogen and oxygen atoms in total. The number of primary amides is 1. The van der Waals surface area contributed by atoms with Crippen LogP contribution < -0.4 is 11.1 Å². The molecule has 34 heavy (non-hydrogen) atoms. The number of carbonyl (C=O) groups excluding carboxylic acids is 2. The van der Waals surface area contributed by atoms with Gasteiger partial charge in [0, 0.05) is 18.9 Å². The molecule has 4 rings (SSSR count). The molecule has 2 unspecified atom stereocenters. The van der Waals surface area contributed by atoms with Crippen LogP contribution in [0.4, 0.5) is 0 Å². The molecule has 2 atom stereocenters. The van der Waals surface area contributed by atoms with Crippen LogP contribution in [0.15, 0.2) is 60.9 Å². The van der Waals surface area contributed by atoms with Crippen LogP contribution >= 0.6 is 0 Å². The Morgan fingerprint density at radius 2 is 1.82 bits per heavy atom. The zero-order valence-electron chi connectivity index (χ0n) is 19.0. The van der Waals surface area contributed by atoms with Gasteiger partial charge in [-0.25, -0.2) is 9.67 Å². The number of pyridine rings is 1. The number of likely N-dealkylation sites (tertiary alicyclic amines) is 1. The van der Waals surface area contributed by atoms with E-state index in [4.69, 9.17) is 5.73 Å². The first-order chi connectivity index (χ1) is 16.5. The monoisotopic (exact) mass is 462 g/mol. The van der Waals surface area contributed by atoms with E-state index in [1.807, 2.05) is 36.4 Å². The third-order valence-corrected chi connectivity index (χ3v) is 6.01. The maximum absolute atomic E-state index is 13.2. The van der Waals surface area contributed by atoms with Gasteiger partial charge < -0.3 is 16.2 Å². The number of rotatable bonds is 9. The number of nitrogens with two attached hydrogens (primary N) is 1. The summed E-state index contributed by atoms with van der Waals surface area (Å²) in [4.78, 5) is 31.7. The van der Waals surface area contributed by atoms with Gasteiger partial charge in [0.15, 0.2) is 11.9 Å². The van der Waals surface area contributed by atoms with E-state index < -0.39 is 24.0 Å². The maximum Gasteiger partial charge on any atom is 0.255 e. The zero-order valence-corrected chi connectivity index (χ0v) is 19.0. The van der Waals surface area contributed by atoms with Gasteiger partial charge in [0.25, 0.3) is 5.91 Å². The number of benzene rings is 1. The minimum absolute atomic E-state index is 0.244. The average Bonchev–Trinajstić information content (AvgIpc) is 3.32. The van der Waals surface area contributed by atoms with Crippen molar-refractivity contribution in [3.63, 3.8) is 0 Å². The highest BCUT2D eigenvalue weighted by Gasteiger charge is 2.28. The molecule has 1 aliphatic heterocycles. The number of nitrogens with one attached hydrogen (secondary N) is 1. The van der Waals surface area contributed by atoms with Crippen molar-refractivity contribution in [3.8, 4) is 5.82 Å². The molecule has 0 bridgehead atoms. The number of hydrogen-bond donors (Lipinski definition) is 3. The first-order valence-electron chi connectivity index (χ1n) is 11.6. The summed E-state index contributed by atoms with van der Waals surface area (Å²) in [6.07, 6.45) is 5.76. The first-order valence-corrected chi connectivity index (χ1v) is 11.6. The van der Waals surface area contributed by atoms with Crippen molar-refractivity contribution in [3.05, 3.63) is 77.7 Å². The Labute approximate surface area is 198 Å². The van der Waals surface area contributed by atoms with E-state index in [0.29, 0.717) is 5.82 Å². The summed E-state index contributed by atoms with van der Waals surface area (Å²) in [5.41, 5.74) is 7.38. The summed E-state index contributed by atoms with van der Waals surface area (Å²) in [5, 5.41) is 17.8. The lowest BCUT2D eigenvalue weighted by Crippen LogP contribution is -2.50. The Balaban J connectivity index is 1.52. The highest BCUT2D eigenvalue weighted by Crippen LogP contribution is 2.16. The van der Waals surface area contributed by atoms with Gasteiger partial charge >= 0.3 is 0 Å². The van der Waals surface area contributed by atoms with Crippen LogP contribution in [0.25, 0.3) is 5.82 Å². The van der Waals surface area contributed by atoms with Gasteiger partial charge in [-0.2, -0.15) is 5.10 Å². The van der Waals surface area contributed by atoms with Crippen molar-refractivity contribution < 1.29 is 14.7 Å². The molecule has 178 valence electrons.